The van der Waals surface area contributed by atoms with E-state index in [0.29, 0.717) is 4.90 Å². The normalized spacial score (nSPS) is 15.0. The van der Waals surface area contributed by atoms with E-state index in [9.17, 15) is 8.42 Å². The molecule has 0 atom stereocenters. The molecule has 3 rings (SSSR count). The fraction of sp³-hybridized carbons (Fsp3) is 0.381. The lowest BCUT2D eigenvalue weighted by Crippen LogP contribution is -2.52. The van der Waals surface area contributed by atoms with Crippen molar-refractivity contribution in [1.82, 2.24) is 10.2 Å². The molecule has 0 saturated carbocycles. The standard InChI is InChI=1S/C21H27ClN4O2S.HI/c1-23-21(24-11-10-17-6-8-20(9-7-17)29(2,27)28)26-14-12-25(13-15-26)19-5-3-4-18(22)16-19;/h3-9,16H,10-15H2,1-2H3,(H,23,24);1H. The van der Waals surface area contributed by atoms with Gasteiger partial charge in [0, 0.05) is 56.7 Å². The van der Waals surface area contributed by atoms with E-state index in [0.717, 1.165) is 61.4 Å². The average molecular weight is 563 g/mol. The third-order valence-electron chi connectivity index (χ3n) is 5.01. The lowest BCUT2D eigenvalue weighted by molar-refractivity contribution is 0.373. The summed E-state index contributed by atoms with van der Waals surface area (Å²) in [5.41, 5.74) is 2.24. The largest absolute Gasteiger partial charge is 0.368 e. The summed E-state index contributed by atoms with van der Waals surface area (Å²) in [6.07, 6.45) is 2.02. The van der Waals surface area contributed by atoms with E-state index >= 15 is 0 Å². The number of nitrogens with one attached hydrogen (secondary N) is 1. The molecule has 0 aromatic heterocycles. The van der Waals surface area contributed by atoms with Crippen molar-refractivity contribution >= 4 is 57.1 Å². The van der Waals surface area contributed by atoms with Crippen LogP contribution >= 0.6 is 35.6 Å². The highest BCUT2D eigenvalue weighted by Crippen LogP contribution is 2.20. The molecule has 0 aliphatic carbocycles. The van der Waals surface area contributed by atoms with E-state index in [1.54, 1.807) is 19.2 Å². The Morgan fingerprint density at radius 1 is 1.10 bits per heavy atom. The Bertz CT molecular complexity index is 959. The minimum absolute atomic E-state index is 0. The van der Waals surface area contributed by atoms with Crippen molar-refractivity contribution < 1.29 is 8.42 Å². The number of guanidine groups is 1. The number of sulfone groups is 1. The van der Waals surface area contributed by atoms with Crippen molar-refractivity contribution in [3.63, 3.8) is 0 Å². The van der Waals surface area contributed by atoms with E-state index in [1.807, 2.05) is 30.3 Å². The minimum atomic E-state index is -3.15. The number of hydrogen-bond donors (Lipinski definition) is 1. The molecule has 1 N–H and O–H groups in total. The molecule has 30 heavy (non-hydrogen) atoms. The topological polar surface area (TPSA) is 65.0 Å². The van der Waals surface area contributed by atoms with Crippen LogP contribution in [-0.2, 0) is 16.3 Å². The van der Waals surface area contributed by atoms with Gasteiger partial charge in [0.1, 0.15) is 0 Å². The summed E-state index contributed by atoms with van der Waals surface area (Å²) in [5, 5.41) is 4.17. The van der Waals surface area contributed by atoms with Crippen LogP contribution in [0.2, 0.25) is 5.02 Å². The number of anilines is 1. The average Bonchev–Trinajstić information content (AvgIpc) is 2.71. The number of nitrogens with zero attached hydrogens (tertiary/aromatic N) is 3. The highest BCUT2D eigenvalue weighted by atomic mass is 127. The van der Waals surface area contributed by atoms with Crippen LogP contribution in [0.1, 0.15) is 5.56 Å². The van der Waals surface area contributed by atoms with Crippen molar-refractivity contribution in [1.29, 1.82) is 0 Å². The molecule has 0 radical (unpaired) electrons. The Hall–Kier alpha value is -1.52. The maximum absolute atomic E-state index is 11.5. The summed E-state index contributed by atoms with van der Waals surface area (Å²) in [5.74, 6) is 0.892. The molecule has 1 heterocycles. The van der Waals surface area contributed by atoms with Crippen LogP contribution in [0.5, 0.6) is 0 Å². The van der Waals surface area contributed by atoms with Crippen LogP contribution in [0, 0.1) is 0 Å². The van der Waals surface area contributed by atoms with Crippen LogP contribution in [0.15, 0.2) is 58.4 Å². The first-order chi connectivity index (χ1) is 13.9. The van der Waals surface area contributed by atoms with Crippen LogP contribution in [0.4, 0.5) is 5.69 Å². The molecular weight excluding hydrogens is 535 g/mol. The zero-order valence-corrected chi connectivity index (χ0v) is 21.1. The van der Waals surface area contributed by atoms with Gasteiger partial charge in [-0.2, -0.15) is 0 Å². The monoisotopic (exact) mass is 562 g/mol. The van der Waals surface area contributed by atoms with Gasteiger partial charge in [-0.25, -0.2) is 8.42 Å². The number of benzene rings is 2. The quantitative estimate of drug-likeness (QED) is 0.344. The fourth-order valence-electron chi connectivity index (χ4n) is 3.40. The summed E-state index contributed by atoms with van der Waals surface area (Å²) in [6, 6.07) is 15.0. The Kier molecular flexibility index (Phi) is 9.24. The molecule has 1 saturated heterocycles. The Balaban J connectivity index is 0.00000320. The molecule has 6 nitrogen and oxygen atoms in total. The predicted molar refractivity (Wildman–Crippen MR) is 135 cm³/mol. The number of piperazine rings is 1. The van der Waals surface area contributed by atoms with E-state index in [-0.39, 0.29) is 24.0 Å². The molecule has 9 heteroatoms. The third-order valence-corrected chi connectivity index (χ3v) is 6.38. The molecule has 1 fully saturated rings. The van der Waals surface area contributed by atoms with Crippen molar-refractivity contribution in [2.24, 2.45) is 4.99 Å². The van der Waals surface area contributed by atoms with E-state index in [2.05, 4.69) is 26.2 Å². The minimum Gasteiger partial charge on any atom is -0.368 e. The number of halogens is 2. The second-order valence-electron chi connectivity index (χ2n) is 7.09. The SMILES string of the molecule is CN=C(NCCc1ccc(S(C)(=O)=O)cc1)N1CCN(c2cccc(Cl)c2)CC1.I. The Morgan fingerprint density at radius 3 is 2.33 bits per heavy atom. The zero-order chi connectivity index (χ0) is 20.9. The van der Waals surface area contributed by atoms with Gasteiger partial charge >= 0.3 is 0 Å². The maximum Gasteiger partial charge on any atom is 0.193 e. The number of hydrogen-bond acceptors (Lipinski definition) is 4. The second-order valence-corrected chi connectivity index (χ2v) is 9.55. The van der Waals surface area contributed by atoms with E-state index < -0.39 is 9.84 Å². The van der Waals surface area contributed by atoms with Crippen molar-refractivity contribution in [2.75, 3.05) is 50.9 Å². The third kappa shape index (κ3) is 6.75. The molecule has 1 aliphatic heterocycles. The lowest BCUT2D eigenvalue weighted by Gasteiger charge is -2.37. The summed E-state index contributed by atoms with van der Waals surface area (Å²) in [6.45, 7) is 4.33. The van der Waals surface area contributed by atoms with Crippen LogP contribution < -0.4 is 10.2 Å². The van der Waals surface area contributed by atoms with Gasteiger partial charge in [0.15, 0.2) is 15.8 Å². The van der Waals surface area contributed by atoms with Gasteiger partial charge in [0.2, 0.25) is 0 Å². The molecular formula is C21H28ClIN4O2S. The first-order valence-electron chi connectivity index (χ1n) is 9.62. The van der Waals surface area contributed by atoms with Crippen LogP contribution in [-0.4, -0.2) is 65.3 Å². The molecule has 0 amide bonds. The summed E-state index contributed by atoms with van der Waals surface area (Å²) in [4.78, 5) is 9.35. The van der Waals surface area contributed by atoms with Gasteiger partial charge in [-0.05, 0) is 42.3 Å². The molecule has 2 aromatic carbocycles. The predicted octanol–water partition coefficient (Wildman–Crippen LogP) is 3.30. The van der Waals surface area contributed by atoms with Crippen LogP contribution in [0.25, 0.3) is 0 Å². The number of rotatable bonds is 5. The van der Waals surface area contributed by atoms with Crippen LogP contribution in [0.3, 0.4) is 0 Å². The van der Waals surface area contributed by atoms with Gasteiger partial charge in [-0.15, -0.1) is 24.0 Å². The first kappa shape index (κ1) is 24.7. The van der Waals surface area contributed by atoms with Gasteiger partial charge in [0.05, 0.1) is 4.90 Å². The van der Waals surface area contributed by atoms with Crippen molar-refractivity contribution in [3.8, 4) is 0 Å². The first-order valence-corrected chi connectivity index (χ1v) is 11.9. The zero-order valence-electron chi connectivity index (χ0n) is 17.2. The molecule has 164 valence electrons. The molecule has 0 bridgehead atoms. The summed E-state index contributed by atoms with van der Waals surface area (Å²) < 4.78 is 23.1. The van der Waals surface area contributed by atoms with Gasteiger partial charge in [-0.1, -0.05) is 29.8 Å². The molecule has 0 spiro atoms. The molecule has 1 aliphatic rings. The van der Waals surface area contributed by atoms with Gasteiger partial charge in [0.25, 0.3) is 0 Å². The smallest absolute Gasteiger partial charge is 0.193 e. The fourth-order valence-corrected chi connectivity index (χ4v) is 4.22. The highest BCUT2D eigenvalue weighted by Gasteiger charge is 2.19. The van der Waals surface area contributed by atoms with Crippen molar-refractivity contribution in [2.45, 2.75) is 11.3 Å². The molecule has 2 aromatic rings. The highest BCUT2D eigenvalue weighted by molar-refractivity contribution is 14.0. The summed E-state index contributed by atoms with van der Waals surface area (Å²) in [7, 11) is -1.35. The second kappa shape index (κ2) is 11.2. The van der Waals surface area contributed by atoms with Gasteiger partial charge < -0.3 is 15.1 Å². The van der Waals surface area contributed by atoms with Crippen molar-refractivity contribution in [3.05, 3.63) is 59.1 Å². The Morgan fingerprint density at radius 2 is 1.77 bits per heavy atom. The summed E-state index contributed by atoms with van der Waals surface area (Å²) >= 11 is 6.11. The van der Waals surface area contributed by atoms with Gasteiger partial charge in [-0.3, -0.25) is 4.99 Å². The van der Waals surface area contributed by atoms with E-state index in [1.165, 1.54) is 6.26 Å². The van der Waals surface area contributed by atoms with E-state index in [4.69, 9.17) is 11.6 Å². The Labute approximate surface area is 201 Å². The lowest BCUT2D eigenvalue weighted by atomic mass is 10.1. The maximum atomic E-state index is 11.5. The molecule has 0 unspecified atom stereocenters. The number of aliphatic imine (C=N–C) groups is 1.